The van der Waals surface area contributed by atoms with Gasteiger partial charge in [0.05, 0.1) is 25.8 Å². The zero-order valence-electron chi connectivity index (χ0n) is 14.1. The van der Waals surface area contributed by atoms with Crippen LogP contribution in [-0.4, -0.2) is 86.7 Å². The second-order valence-corrected chi connectivity index (χ2v) is 5.88. The summed E-state index contributed by atoms with van der Waals surface area (Å²) >= 11 is 0. The van der Waals surface area contributed by atoms with E-state index in [1.165, 1.54) is 5.56 Å². The van der Waals surface area contributed by atoms with Gasteiger partial charge >= 0.3 is 0 Å². The van der Waals surface area contributed by atoms with Crippen LogP contribution in [-0.2, 0) is 4.74 Å². The fraction of sp³-hybridized carbons (Fsp3) is 0.625. The normalized spacial score (nSPS) is 16.9. The monoisotopic (exact) mass is 305 g/mol. The molecule has 22 heavy (non-hydrogen) atoms. The average molecular weight is 305 g/mol. The second-order valence-electron chi connectivity index (χ2n) is 5.88. The highest BCUT2D eigenvalue weighted by atomic mass is 16.5. The minimum absolute atomic E-state index is 0.243. The number of nitrogens with zero attached hydrogens (tertiary/aromatic N) is 5. The summed E-state index contributed by atoms with van der Waals surface area (Å²) in [6.07, 6.45) is 3.76. The largest absolute Gasteiger partial charge is 0.379 e. The Bertz CT molecular complexity index is 459. The van der Waals surface area contributed by atoms with Gasteiger partial charge in [-0.15, -0.1) is 0 Å². The summed E-state index contributed by atoms with van der Waals surface area (Å²) in [4.78, 5) is 15.6. The summed E-state index contributed by atoms with van der Waals surface area (Å²) in [5.41, 5.74) is 1.21. The Kier molecular flexibility index (Phi) is 6.15. The Balaban J connectivity index is 2.19. The Morgan fingerprint density at radius 3 is 2.50 bits per heavy atom. The number of morpholine rings is 1. The smallest absolute Gasteiger partial charge is 0.195 e. The third-order valence-electron chi connectivity index (χ3n) is 3.76. The van der Waals surface area contributed by atoms with E-state index in [0.717, 1.165) is 38.8 Å². The number of hydrogen-bond acceptors (Lipinski definition) is 4. The molecule has 6 heteroatoms. The van der Waals surface area contributed by atoms with Crippen LogP contribution in [0.1, 0.15) is 11.6 Å². The van der Waals surface area contributed by atoms with Crippen LogP contribution in [0, 0.1) is 0 Å². The molecule has 0 aliphatic carbocycles. The molecular weight excluding hydrogens is 278 g/mol. The molecule has 1 saturated heterocycles. The van der Waals surface area contributed by atoms with Crippen molar-refractivity contribution in [2.24, 2.45) is 4.99 Å². The van der Waals surface area contributed by atoms with Gasteiger partial charge in [0.15, 0.2) is 5.96 Å². The van der Waals surface area contributed by atoms with Gasteiger partial charge < -0.3 is 14.5 Å². The molecule has 1 aliphatic heterocycles. The topological polar surface area (TPSA) is 44.2 Å². The van der Waals surface area contributed by atoms with Gasteiger partial charge in [-0.3, -0.25) is 14.9 Å². The van der Waals surface area contributed by atoms with Gasteiger partial charge in [0, 0.05) is 53.7 Å². The molecule has 0 amide bonds. The minimum Gasteiger partial charge on any atom is -0.379 e. The van der Waals surface area contributed by atoms with Crippen molar-refractivity contribution in [2.75, 3.05) is 61.0 Å². The lowest BCUT2D eigenvalue weighted by Gasteiger charge is -2.34. The van der Waals surface area contributed by atoms with E-state index in [-0.39, 0.29) is 6.04 Å². The molecule has 0 N–H and O–H groups in total. The van der Waals surface area contributed by atoms with E-state index in [2.05, 4.69) is 16.0 Å². The minimum atomic E-state index is 0.243. The quantitative estimate of drug-likeness (QED) is 0.612. The number of hydrogen-bond donors (Lipinski definition) is 0. The van der Waals surface area contributed by atoms with E-state index in [1.54, 1.807) is 0 Å². The number of ether oxygens (including phenoxy) is 1. The molecular formula is C16H27N5O. The highest BCUT2D eigenvalue weighted by Gasteiger charge is 2.23. The third-order valence-corrected chi connectivity index (χ3v) is 3.76. The predicted molar refractivity (Wildman–Crippen MR) is 89.0 cm³/mol. The van der Waals surface area contributed by atoms with Crippen molar-refractivity contribution in [1.29, 1.82) is 0 Å². The third kappa shape index (κ3) is 4.42. The van der Waals surface area contributed by atoms with Gasteiger partial charge in [-0.1, -0.05) is 6.07 Å². The molecule has 0 bridgehead atoms. The van der Waals surface area contributed by atoms with Gasteiger partial charge in [-0.05, 0) is 11.6 Å². The fourth-order valence-corrected chi connectivity index (χ4v) is 2.74. The van der Waals surface area contributed by atoms with Crippen molar-refractivity contribution in [3.05, 3.63) is 30.1 Å². The van der Waals surface area contributed by atoms with Gasteiger partial charge in [-0.2, -0.15) is 0 Å². The number of guanidine groups is 1. The van der Waals surface area contributed by atoms with Crippen LogP contribution in [0.3, 0.4) is 0 Å². The first-order chi connectivity index (χ1) is 10.6. The SMILES string of the molecule is CN(C)C(=NC[C@@H](c1cccnc1)N1CCOCC1)N(C)C. The molecule has 1 aromatic rings. The van der Waals surface area contributed by atoms with Crippen LogP contribution >= 0.6 is 0 Å². The highest BCUT2D eigenvalue weighted by Crippen LogP contribution is 2.21. The van der Waals surface area contributed by atoms with Crippen LogP contribution in [0.4, 0.5) is 0 Å². The summed E-state index contributed by atoms with van der Waals surface area (Å²) < 4.78 is 5.48. The van der Waals surface area contributed by atoms with Crippen molar-refractivity contribution < 1.29 is 4.74 Å². The maximum Gasteiger partial charge on any atom is 0.195 e. The Hall–Kier alpha value is -1.66. The van der Waals surface area contributed by atoms with Crippen LogP contribution < -0.4 is 0 Å². The summed E-state index contributed by atoms with van der Waals surface area (Å²) in [7, 11) is 8.08. The zero-order chi connectivity index (χ0) is 15.9. The first-order valence-corrected chi connectivity index (χ1v) is 7.70. The molecule has 0 unspecified atom stereocenters. The molecule has 1 aromatic heterocycles. The number of rotatable bonds is 4. The summed E-state index contributed by atoms with van der Waals surface area (Å²) in [5, 5.41) is 0. The first kappa shape index (κ1) is 16.7. The molecule has 6 nitrogen and oxygen atoms in total. The summed E-state index contributed by atoms with van der Waals surface area (Å²) in [6, 6.07) is 4.37. The van der Waals surface area contributed by atoms with Crippen LogP contribution in [0.2, 0.25) is 0 Å². The van der Waals surface area contributed by atoms with Crippen molar-refractivity contribution >= 4 is 5.96 Å². The standard InChI is InChI=1S/C16H27N5O/c1-19(2)16(20(3)4)18-13-15(14-6-5-7-17-12-14)21-8-10-22-11-9-21/h5-7,12,15H,8-11,13H2,1-4H3/t15-/m0/s1. The Labute approximate surface area is 133 Å². The predicted octanol–water partition coefficient (Wildman–Crippen LogP) is 0.934. The fourth-order valence-electron chi connectivity index (χ4n) is 2.74. The lowest BCUT2D eigenvalue weighted by atomic mass is 10.1. The van der Waals surface area contributed by atoms with Gasteiger partial charge in [0.2, 0.25) is 0 Å². The average Bonchev–Trinajstić information content (AvgIpc) is 2.52. The Morgan fingerprint density at radius 2 is 1.95 bits per heavy atom. The van der Waals surface area contributed by atoms with E-state index < -0.39 is 0 Å². The molecule has 1 atom stereocenters. The highest BCUT2D eigenvalue weighted by molar-refractivity contribution is 5.79. The van der Waals surface area contributed by atoms with Gasteiger partial charge in [-0.25, -0.2) is 0 Å². The zero-order valence-corrected chi connectivity index (χ0v) is 14.1. The molecule has 2 rings (SSSR count). The van der Waals surface area contributed by atoms with Crippen molar-refractivity contribution in [1.82, 2.24) is 19.7 Å². The molecule has 0 aromatic carbocycles. The van der Waals surface area contributed by atoms with E-state index in [9.17, 15) is 0 Å². The maximum atomic E-state index is 5.48. The van der Waals surface area contributed by atoms with Crippen LogP contribution in [0.15, 0.2) is 29.5 Å². The lowest BCUT2D eigenvalue weighted by Crippen LogP contribution is -2.41. The molecule has 122 valence electrons. The number of aliphatic imine (C=N–C) groups is 1. The van der Waals surface area contributed by atoms with E-state index in [0.29, 0.717) is 0 Å². The maximum absolute atomic E-state index is 5.48. The molecule has 0 saturated carbocycles. The van der Waals surface area contributed by atoms with Crippen molar-refractivity contribution in [3.8, 4) is 0 Å². The molecule has 1 fully saturated rings. The van der Waals surface area contributed by atoms with E-state index >= 15 is 0 Å². The Morgan fingerprint density at radius 1 is 1.27 bits per heavy atom. The molecule has 0 radical (unpaired) electrons. The van der Waals surface area contributed by atoms with E-state index in [1.807, 2.05) is 56.5 Å². The van der Waals surface area contributed by atoms with Crippen LogP contribution in [0.5, 0.6) is 0 Å². The first-order valence-electron chi connectivity index (χ1n) is 7.70. The molecule has 0 spiro atoms. The summed E-state index contributed by atoms with van der Waals surface area (Å²) in [6.45, 7) is 4.17. The number of pyridine rings is 1. The van der Waals surface area contributed by atoms with Gasteiger partial charge in [0.25, 0.3) is 0 Å². The molecule has 2 heterocycles. The summed E-state index contributed by atoms with van der Waals surface area (Å²) in [5.74, 6) is 0.974. The lowest BCUT2D eigenvalue weighted by molar-refractivity contribution is 0.0178. The van der Waals surface area contributed by atoms with E-state index in [4.69, 9.17) is 9.73 Å². The van der Waals surface area contributed by atoms with Crippen molar-refractivity contribution in [2.45, 2.75) is 6.04 Å². The van der Waals surface area contributed by atoms with Gasteiger partial charge in [0.1, 0.15) is 0 Å². The van der Waals surface area contributed by atoms with Crippen LogP contribution in [0.25, 0.3) is 0 Å². The number of aromatic nitrogens is 1. The second kappa shape index (κ2) is 8.10. The molecule has 1 aliphatic rings. The van der Waals surface area contributed by atoms with Crippen molar-refractivity contribution in [3.63, 3.8) is 0 Å².